The monoisotopic (exact) mass is 388 g/mol. The summed E-state index contributed by atoms with van der Waals surface area (Å²) in [7, 11) is 1.75. The van der Waals surface area contributed by atoms with Crippen LogP contribution in [0.25, 0.3) is 0 Å². The van der Waals surface area contributed by atoms with Crippen molar-refractivity contribution in [2.45, 2.75) is 51.1 Å². The molecule has 0 heterocycles. The van der Waals surface area contributed by atoms with E-state index in [4.69, 9.17) is 0 Å². The highest BCUT2D eigenvalue weighted by atomic mass is 19.4. The number of ether oxygens (including phenoxy) is 1. The molecule has 1 aromatic rings. The number of hydrogen-bond acceptors (Lipinski definition) is 3. The largest absolute Gasteiger partial charge is 0.573 e. The highest BCUT2D eigenvalue weighted by Gasteiger charge is 2.31. The molecule has 2 amide bonds. The minimum Gasteiger partial charge on any atom is -0.406 e. The first-order valence-corrected chi connectivity index (χ1v) is 8.92. The third-order valence-corrected chi connectivity index (χ3v) is 4.65. The van der Waals surface area contributed by atoms with Crippen LogP contribution in [0.3, 0.4) is 0 Å². The Bertz CT molecular complexity index is 643. The minimum atomic E-state index is -4.76. The third kappa shape index (κ3) is 7.09. The normalized spacial score (nSPS) is 17.2. The molecule has 0 spiro atoms. The van der Waals surface area contributed by atoms with Crippen LogP contribution < -0.4 is 20.3 Å². The van der Waals surface area contributed by atoms with Gasteiger partial charge in [0.05, 0.1) is 7.05 Å². The van der Waals surface area contributed by atoms with Gasteiger partial charge < -0.3 is 20.3 Å². The average molecular weight is 388 g/mol. The molecule has 3 N–H and O–H groups in total. The SMILES string of the molecule is C[C@@H](C(=O)NC1CCCC1)[NH+](C)CC(=O)Nc1ccc(OC(F)(F)F)cc1. The Morgan fingerprint density at radius 1 is 1.22 bits per heavy atom. The Hall–Kier alpha value is -2.29. The number of anilines is 1. The molecule has 2 atom stereocenters. The zero-order chi connectivity index (χ0) is 20.0. The highest BCUT2D eigenvalue weighted by Crippen LogP contribution is 2.23. The van der Waals surface area contributed by atoms with Gasteiger partial charge in [-0.3, -0.25) is 9.59 Å². The van der Waals surface area contributed by atoms with Crippen molar-refractivity contribution in [3.63, 3.8) is 0 Å². The standard InChI is InChI=1S/C18H24F3N3O3/c1-12(17(26)23-13-5-3-4-6-13)24(2)11-16(25)22-14-7-9-15(10-8-14)27-18(19,20)21/h7-10,12-13H,3-6,11H2,1-2H3,(H,22,25)(H,23,26)/p+1/t12-/m0/s1. The highest BCUT2D eigenvalue weighted by molar-refractivity contribution is 5.91. The molecule has 6 nitrogen and oxygen atoms in total. The lowest BCUT2D eigenvalue weighted by Crippen LogP contribution is -3.15. The molecule has 2 rings (SSSR count). The number of carbonyl (C=O) groups excluding carboxylic acids is 2. The van der Waals surface area contributed by atoms with E-state index in [2.05, 4.69) is 15.4 Å². The van der Waals surface area contributed by atoms with E-state index in [1.807, 2.05) is 0 Å². The predicted molar refractivity (Wildman–Crippen MR) is 93.4 cm³/mol. The molecule has 0 bridgehead atoms. The van der Waals surface area contributed by atoms with Crippen LogP contribution in [-0.4, -0.2) is 43.9 Å². The second kappa shape index (κ2) is 9.07. The van der Waals surface area contributed by atoms with E-state index >= 15 is 0 Å². The first kappa shape index (κ1) is 21.0. The molecule has 0 aromatic heterocycles. The van der Waals surface area contributed by atoms with Gasteiger partial charge in [0.15, 0.2) is 12.6 Å². The number of quaternary nitrogens is 1. The molecular weight excluding hydrogens is 363 g/mol. The quantitative estimate of drug-likeness (QED) is 0.663. The fourth-order valence-corrected chi connectivity index (χ4v) is 2.97. The number of alkyl halides is 3. The molecule has 1 fully saturated rings. The number of hydrogen-bond donors (Lipinski definition) is 3. The molecule has 0 aliphatic heterocycles. The second-order valence-electron chi connectivity index (χ2n) is 6.86. The first-order chi connectivity index (χ1) is 12.6. The summed E-state index contributed by atoms with van der Waals surface area (Å²) in [5.74, 6) is -0.779. The van der Waals surface area contributed by atoms with Crippen LogP contribution in [0.4, 0.5) is 18.9 Å². The van der Waals surface area contributed by atoms with Crippen LogP contribution in [0, 0.1) is 0 Å². The number of amides is 2. The van der Waals surface area contributed by atoms with Gasteiger partial charge in [-0.25, -0.2) is 0 Å². The molecule has 9 heteroatoms. The van der Waals surface area contributed by atoms with E-state index in [9.17, 15) is 22.8 Å². The smallest absolute Gasteiger partial charge is 0.406 e. The van der Waals surface area contributed by atoms with E-state index in [0.29, 0.717) is 5.69 Å². The Morgan fingerprint density at radius 3 is 2.37 bits per heavy atom. The maximum Gasteiger partial charge on any atom is 0.573 e. The molecule has 1 aromatic carbocycles. The van der Waals surface area contributed by atoms with Crippen molar-refractivity contribution in [1.29, 1.82) is 0 Å². The number of likely N-dealkylation sites (N-methyl/N-ethyl adjacent to an activating group) is 1. The van der Waals surface area contributed by atoms with Crippen LogP contribution in [-0.2, 0) is 9.59 Å². The summed E-state index contributed by atoms with van der Waals surface area (Å²) in [5, 5.41) is 5.61. The van der Waals surface area contributed by atoms with E-state index in [1.54, 1.807) is 14.0 Å². The van der Waals surface area contributed by atoms with Crippen LogP contribution >= 0.6 is 0 Å². The first-order valence-electron chi connectivity index (χ1n) is 8.92. The molecule has 1 saturated carbocycles. The van der Waals surface area contributed by atoms with Gasteiger partial charge in [-0.15, -0.1) is 13.2 Å². The molecule has 1 aliphatic carbocycles. The van der Waals surface area contributed by atoms with Crippen LogP contribution in [0.2, 0.25) is 0 Å². The summed E-state index contributed by atoms with van der Waals surface area (Å²) >= 11 is 0. The zero-order valence-electron chi connectivity index (χ0n) is 15.4. The van der Waals surface area contributed by atoms with Gasteiger partial charge in [-0.1, -0.05) is 12.8 Å². The maximum absolute atomic E-state index is 12.3. The summed E-state index contributed by atoms with van der Waals surface area (Å²) in [6, 6.07) is 4.72. The molecular formula is C18H25F3N3O3+. The maximum atomic E-state index is 12.3. The lowest BCUT2D eigenvalue weighted by molar-refractivity contribution is -0.885. The van der Waals surface area contributed by atoms with Crippen molar-refractivity contribution >= 4 is 17.5 Å². The van der Waals surface area contributed by atoms with Gasteiger partial charge >= 0.3 is 6.36 Å². The van der Waals surface area contributed by atoms with Gasteiger partial charge in [0.1, 0.15) is 5.75 Å². The van der Waals surface area contributed by atoms with Gasteiger partial charge in [0.25, 0.3) is 11.8 Å². The lowest BCUT2D eigenvalue weighted by Gasteiger charge is -2.22. The van der Waals surface area contributed by atoms with Crippen molar-refractivity contribution in [1.82, 2.24) is 5.32 Å². The average Bonchev–Trinajstić information content (AvgIpc) is 3.07. The van der Waals surface area contributed by atoms with Gasteiger partial charge in [0, 0.05) is 11.7 Å². The predicted octanol–water partition coefficient (Wildman–Crippen LogP) is 1.49. The number of halogens is 3. The number of carbonyl (C=O) groups is 2. The second-order valence-corrected chi connectivity index (χ2v) is 6.86. The van der Waals surface area contributed by atoms with Crippen LogP contribution in [0.15, 0.2) is 24.3 Å². The summed E-state index contributed by atoms with van der Waals surface area (Å²) < 4.78 is 40.2. The van der Waals surface area contributed by atoms with E-state index in [0.717, 1.165) is 42.7 Å². The lowest BCUT2D eigenvalue weighted by atomic mass is 10.2. The van der Waals surface area contributed by atoms with E-state index < -0.39 is 6.36 Å². The number of benzene rings is 1. The fraction of sp³-hybridized carbons (Fsp3) is 0.556. The van der Waals surface area contributed by atoms with Crippen molar-refractivity contribution in [2.24, 2.45) is 0 Å². The number of rotatable bonds is 7. The number of nitrogens with one attached hydrogen (secondary N) is 3. The Balaban J connectivity index is 1.80. The Labute approximate surface area is 156 Å². The summed E-state index contributed by atoms with van der Waals surface area (Å²) in [5.41, 5.74) is 0.352. The molecule has 0 radical (unpaired) electrons. The molecule has 27 heavy (non-hydrogen) atoms. The Morgan fingerprint density at radius 2 is 1.81 bits per heavy atom. The zero-order valence-corrected chi connectivity index (χ0v) is 15.4. The third-order valence-electron chi connectivity index (χ3n) is 4.65. The summed E-state index contributed by atoms with van der Waals surface area (Å²) in [6.45, 7) is 1.82. The van der Waals surface area contributed by atoms with Crippen molar-refractivity contribution < 1.29 is 32.4 Å². The Kier molecular flexibility index (Phi) is 7.06. The summed E-state index contributed by atoms with van der Waals surface area (Å²) in [6.07, 6.45) is -0.529. The van der Waals surface area contributed by atoms with E-state index in [1.165, 1.54) is 12.1 Å². The van der Waals surface area contributed by atoms with Crippen molar-refractivity contribution in [3.8, 4) is 5.75 Å². The van der Waals surface area contributed by atoms with Gasteiger partial charge in [-0.05, 0) is 44.0 Å². The van der Waals surface area contributed by atoms with Crippen LogP contribution in [0.5, 0.6) is 5.75 Å². The van der Waals surface area contributed by atoms with Gasteiger partial charge in [-0.2, -0.15) is 0 Å². The van der Waals surface area contributed by atoms with Crippen LogP contribution in [0.1, 0.15) is 32.6 Å². The molecule has 0 saturated heterocycles. The fourth-order valence-electron chi connectivity index (χ4n) is 2.97. The topological polar surface area (TPSA) is 71.9 Å². The van der Waals surface area contributed by atoms with E-state index in [-0.39, 0.29) is 36.2 Å². The van der Waals surface area contributed by atoms with Gasteiger partial charge in [0.2, 0.25) is 0 Å². The summed E-state index contributed by atoms with van der Waals surface area (Å²) in [4.78, 5) is 25.1. The molecule has 1 unspecified atom stereocenters. The van der Waals surface area contributed by atoms with Crippen molar-refractivity contribution in [2.75, 3.05) is 18.9 Å². The minimum absolute atomic E-state index is 0.0556. The van der Waals surface area contributed by atoms with Crippen molar-refractivity contribution in [3.05, 3.63) is 24.3 Å². The molecule has 1 aliphatic rings. The molecule has 150 valence electrons.